The van der Waals surface area contributed by atoms with Crippen molar-refractivity contribution in [1.82, 2.24) is 19.3 Å². The van der Waals surface area contributed by atoms with E-state index in [1.54, 1.807) is 12.4 Å². The Morgan fingerprint density at radius 1 is 1.16 bits per heavy atom. The zero-order chi connectivity index (χ0) is 17.2. The summed E-state index contributed by atoms with van der Waals surface area (Å²) in [6.07, 6.45) is 7.99. The number of carbonyl (C=O) groups is 1. The smallest absolute Gasteiger partial charge is 0.233 e. The van der Waals surface area contributed by atoms with Crippen molar-refractivity contribution < 1.29 is 4.79 Å². The van der Waals surface area contributed by atoms with Crippen LogP contribution in [0.2, 0.25) is 5.02 Å². The highest BCUT2D eigenvalue weighted by Gasteiger charge is 2.26. The Hall–Kier alpha value is -2.40. The highest BCUT2D eigenvalue weighted by atomic mass is 35.5. The first-order valence-electron chi connectivity index (χ1n) is 8.51. The van der Waals surface area contributed by atoms with E-state index in [-0.39, 0.29) is 5.91 Å². The van der Waals surface area contributed by atoms with Crippen LogP contribution in [0.25, 0.3) is 5.78 Å². The molecule has 1 fully saturated rings. The molecule has 25 heavy (non-hydrogen) atoms. The van der Waals surface area contributed by atoms with Crippen LogP contribution < -0.4 is 0 Å². The molecule has 2 aromatic heterocycles. The number of fused-ring (bicyclic) bond motifs is 1. The van der Waals surface area contributed by atoms with Gasteiger partial charge in [0.15, 0.2) is 0 Å². The fourth-order valence-corrected chi connectivity index (χ4v) is 3.65. The minimum atomic E-state index is 0.169. The maximum Gasteiger partial charge on any atom is 0.233 e. The van der Waals surface area contributed by atoms with Gasteiger partial charge in [0, 0.05) is 48.3 Å². The summed E-state index contributed by atoms with van der Waals surface area (Å²) < 4.78 is 2.03. The molecule has 0 N–H and O–H groups in total. The van der Waals surface area contributed by atoms with Crippen molar-refractivity contribution in [2.45, 2.75) is 25.2 Å². The molecule has 0 unspecified atom stereocenters. The van der Waals surface area contributed by atoms with Gasteiger partial charge in [-0.25, -0.2) is 9.97 Å². The zero-order valence-corrected chi connectivity index (χ0v) is 14.6. The third kappa shape index (κ3) is 3.37. The number of rotatable bonds is 3. The van der Waals surface area contributed by atoms with Crippen LogP contribution >= 0.6 is 11.6 Å². The van der Waals surface area contributed by atoms with Crippen molar-refractivity contribution in [2.24, 2.45) is 0 Å². The molecule has 6 heteroatoms. The Kier molecular flexibility index (Phi) is 4.40. The van der Waals surface area contributed by atoms with Crippen molar-refractivity contribution in [3.8, 4) is 0 Å². The van der Waals surface area contributed by atoms with Crippen LogP contribution in [0.5, 0.6) is 0 Å². The number of amides is 1. The van der Waals surface area contributed by atoms with Gasteiger partial charge in [-0.2, -0.15) is 0 Å². The molecule has 1 aliphatic rings. The zero-order valence-electron chi connectivity index (χ0n) is 13.8. The lowest BCUT2D eigenvalue weighted by atomic mass is 9.94. The number of benzene rings is 1. The quantitative estimate of drug-likeness (QED) is 0.725. The van der Waals surface area contributed by atoms with Gasteiger partial charge in [0.1, 0.15) is 0 Å². The maximum atomic E-state index is 12.7. The molecule has 128 valence electrons. The largest absolute Gasteiger partial charge is 0.342 e. The number of hydrogen-bond donors (Lipinski definition) is 0. The van der Waals surface area contributed by atoms with Gasteiger partial charge in [0.2, 0.25) is 11.7 Å². The van der Waals surface area contributed by atoms with E-state index in [0.29, 0.717) is 23.1 Å². The van der Waals surface area contributed by atoms with E-state index < -0.39 is 0 Å². The molecule has 3 heterocycles. The van der Waals surface area contributed by atoms with Crippen molar-refractivity contribution in [2.75, 3.05) is 13.1 Å². The molecular weight excluding hydrogens is 336 g/mol. The number of likely N-dealkylation sites (tertiary alicyclic amines) is 1. The van der Waals surface area contributed by atoms with Crippen molar-refractivity contribution >= 4 is 23.3 Å². The van der Waals surface area contributed by atoms with Crippen LogP contribution in [0, 0.1) is 0 Å². The highest BCUT2D eigenvalue weighted by Crippen LogP contribution is 2.27. The third-order valence-corrected chi connectivity index (χ3v) is 5.05. The van der Waals surface area contributed by atoms with Crippen LogP contribution in [-0.4, -0.2) is 38.3 Å². The van der Waals surface area contributed by atoms with Gasteiger partial charge in [0.25, 0.3) is 0 Å². The molecule has 0 saturated carbocycles. The van der Waals surface area contributed by atoms with Gasteiger partial charge >= 0.3 is 0 Å². The average molecular weight is 355 g/mol. The second-order valence-electron chi connectivity index (χ2n) is 6.45. The minimum absolute atomic E-state index is 0.169. The van der Waals surface area contributed by atoms with E-state index in [1.165, 1.54) is 5.69 Å². The van der Waals surface area contributed by atoms with Gasteiger partial charge in [0.05, 0.1) is 6.42 Å². The number of imidazole rings is 1. The van der Waals surface area contributed by atoms with E-state index in [2.05, 4.69) is 9.97 Å². The highest BCUT2D eigenvalue weighted by molar-refractivity contribution is 6.30. The molecule has 1 aliphatic heterocycles. The van der Waals surface area contributed by atoms with Gasteiger partial charge in [-0.15, -0.1) is 0 Å². The summed E-state index contributed by atoms with van der Waals surface area (Å²) in [6.45, 7) is 1.56. The normalized spacial score (nSPS) is 17.8. The molecule has 0 radical (unpaired) electrons. The fraction of sp³-hybridized carbons (Fsp3) is 0.316. The van der Waals surface area contributed by atoms with Gasteiger partial charge in [-0.1, -0.05) is 23.7 Å². The number of aromatic nitrogens is 3. The predicted octanol–water partition coefficient (Wildman–Crippen LogP) is 3.33. The monoisotopic (exact) mass is 354 g/mol. The second kappa shape index (κ2) is 6.84. The summed E-state index contributed by atoms with van der Waals surface area (Å²) in [7, 11) is 0. The summed E-state index contributed by atoms with van der Waals surface area (Å²) in [5.74, 6) is 1.19. The molecule has 4 rings (SSSR count). The van der Waals surface area contributed by atoms with Crippen LogP contribution in [-0.2, 0) is 11.2 Å². The summed E-state index contributed by atoms with van der Waals surface area (Å²) in [5.41, 5.74) is 2.17. The Morgan fingerprint density at radius 2 is 1.96 bits per heavy atom. The Bertz CT molecular complexity index is 890. The van der Waals surface area contributed by atoms with Crippen molar-refractivity contribution in [3.63, 3.8) is 0 Å². The van der Waals surface area contributed by atoms with E-state index in [0.717, 1.165) is 31.5 Å². The van der Waals surface area contributed by atoms with Crippen molar-refractivity contribution in [1.29, 1.82) is 0 Å². The Balaban J connectivity index is 1.50. The molecule has 3 aromatic rings. The van der Waals surface area contributed by atoms with Crippen LogP contribution in [0.15, 0.2) is 48.9 Å². The Morgan fingerprint density at radius 3 is 2.80 bits per heavy atom. The summed E-state index contributed by atoms with van der Waals surface area (Å²) >= 11 is 5.91. The number of piperidine rings is 1. The summed E-state index contributed by atoms with van der Waals surface area (Å²) in [4.78, 5) is 23.2. The molecule has 1 amide bonds. The first-order chi connectivity index (χ1) is 12.2. The number of nitrogens with zero attached hydrogens (tertiary/aromatic N) is 4. The lowest BCUT2D eigenvalue weighted by molar-refractivity contribution is -0.131. The van der Waals surface area contributed by atoms with E-state index in [4.69, 9.17) is 11.6 Å². The van der Waals surface area contributed by atoms with Crippen LogP contribution in [0.3, 0.4) is 0 Å². The summed E-state index contributed by atoms with van der Waals surface area (Å²) in [6, 6.07) is 9.53. The average Bonchev–Trinajstić information content (AvgIpc) is 3.12. The Labute approximate surface area is 151 Å². The molecule has 1 saturated heterocycles. The molecule has 5 nitrogen and oxygen atoms in total. The number of hydrogen-bond acceptors (Lipinski definition) is 3. The SMILES string of the molecule is O=C(Cc1ccc(Cl)cc1)N1CCC[C@@H](c2ccnc3nccn23)C1. The molecule has 1 aromatic carbocycles. The predicted molar refractivity (Wildman–Crippen MR) is 96.7 cm³/mol. The van der Waals surface area contributed by atoms with Gasteiger partial charge in [-0.3, -0.25) is 9.20 Å². The molecule has 1 atom stereocenters. The second-order valence-corrected chi connectivity index (χ2v) is 6.89. The van der Waals surface area contributed by atoms with Crippen molar-refractivity contribution in [3.05, 3.63) is 65.2 Å². The lowest BCUT2D eigenvalue weighted by Crippen LogP contribution is -2.40. The van der Waals surface area contributed by atoms with E-state index >= 15 is 0 Å². The lowest BCUT2D eigenvalue weighted by Gasteiger charge is -2.33. The molecule has 0 bridgehead atoms. The molecule has 0 spiro atoms. The first kappa shape index (κ1) is 16.1. The molecular formula is C19H19ClN4O. The summed E-state index contributed by atoms with van der Waals surface area (Å²) in [5, 5.41) is 0.691. The van der Waals surface area contributed by atoms with Gasteiger partial charge < -0.3 is 4.90 Å². The van der Waals surface area contributed by atoms with E-state index in [1.807, 2.05) is 45.8 Å². The van der Waals surface area contributed by atoms with Crippen LogP contribution in [0.4, 0.5) is 0 Å². The fourth-order valence-electron chi connectivity index (χ4n) is 3.52. The minimum Gasteiger partial charge on any atom is -0.342 e. The topological polar surface area (TPSA) is 50.5 Å². The first-order valence-corrected chi connectivity index (χ1v) is 8.89. The van der Waals surface area contributed by atoms with E-state index in [9.17, 15) is 4.79 Å². The molecule has 0 aliphatic carbocycles. The maximum absolute atomic E-state index is 12.7. The van der Waals surface area contributed by atoms with Crippen LogP contribution in [0.1, 0.15) is 30.0 Å². The standard InChI is InChI=1S/C19H19ClN4O/c20-16-5-3-14(4-6-16)12-18(25)23-10-1-2-15(13-23)17-7-8-21-19-22-9-11-24(17)19/h3-9,11,15H,1-2,10,12-13H2/t15-/m1/s1. The van der Waals surface area contributed by atoms with Gasteiger partial charge in [-0.05, 0) is 36.6 Å². The third-order valence-electron chi connectivity index (χ3n) is 4.80. The number of carbonyl (C=O) groups excluding carboxylic acids is 1. The number of halogens is 1.